The largest absolute Gasteiger partial charge is 0.454 e. The highest BCUT2D eigenvalue weighted by Gasteiger charge is 2.08. The predicted molar refractivity (Wildman–Crippen MR) is 78.0 cm³/mol. The van der Waals surface area contributed by atoms with E-state index in [4.69, 9.17) is 15.9 Å². The van der Waals surface area contributed by atoms with Crippen molar-refractivity contribution in [1.82, 2.24) is 0 Å². The van der Waals surface area contributed by atoms with Crippen LogP contribution in [0.25, 0.3) is 0 Å². The van der Waals surface area contributed by atoms with Crippen molar-refractivity contribution in [2.45, 2.75) is 19.8 Å². The molecule has 0 heterocycles. The van der Waals surface area contributed by atoms with E-state index in [1.165, 1.54) is 12.1 Å². The van der Waals surface area contributed by atoms with Crippen LogP contribution in [0.2, 0.25) is 0 Å². The fourth-order valence-electron chi connectivity index (χ4n) is 1.82. The summed E-state index contributed by atoms with van der Waals surface area (Å²) in [6.45, 7) is 4.17. The van der Waals surface area contributed by atoms with Gasteiger partial charge in [-0.1, -0.05) is 26.0 Å². The average Bonchev–Trinajstić information content (AvgIpc) is 2.41. The maximum atomic E-state index is 13.9. The van der Waals surface area contributed by atoms with Crippen molar-refractivity contribution in [2.24, 2.45) is 5.73 Å². The number of ether oxygens (including phenoxy) is 1. The van der Waals surface area contributed by atoms with Crippen LogP contribution in [0.3, 0.4) is 0 Å². The van der Waals surface area contributed by atoms with E-state index >= 15 is 0 Å². The van der Waals surface area contributed by atoms with Crippen molar-refractivity contribution in [3.63, 3.8) is 0 Å². The lowest BCUT2D eigenvalue weighted by molar-refractivity contribution is 0.441. The molecule has 0 fully saturated rings. The molecular formula is C16H17FN2O. The SMILES string of the molecule is CC(C)c1cccc(Oc2ccc(C(=N)N)cc2F)c1. The van der Waals surface area contributed by atoms with E-state index in [0.717, 1.165) is 5.56 Å². The van der Waals surface area contributed by atoms with Gasteiger partial charge in [-0.25, -0.2) is 4.39 Å². The van der Waals surface area contributed by atoms with Crippen LogP contribution in [0, 0.1) is 11.2 Å². The molecule has 3 N–H and O–H groups in total. The summed E-state index contributed by atoms with van der Waals surface area (Å²) < 4.78 is 19.4. The maximum Gasteiger partial charge on any atom is 0.166 e. The minimum atomic E-state index is -0.535. The van der Waals surface area contributed by atoms with E-state index in [0.29, 0.717) is 17.2 Å². The summed E-state index contributed by atoms with van der Waals surface area (Å²) in [4.78, 5) is 0. The summed E-state index contributed by atoms with van der Waals surface area (Å²) in [6, 6.07) is 11.8. The minimum Gasteiger partial charge on any atom is -0.454 e. The highest BCUT2D eigenvalue weighted by molar-refractivity contribution is 5.95. The summed E-state index contributed by atoms with van der Waals surface area (Å²) in [5, 5.41) is 7.27. The van der Waals surface area contributed by atoms with Gasteiger partial charge in [0.2, 0.25) is 0 Å². The molecule has 0 radical (unpaired) electrons. The monoisotopic (exact) mass is 272 g/mol. The van der Waals surface area contributed by atoms with Gasteiger partial charge in [0.05, 0.1) is 0 Å². The lowest BCUT2D eigenvalue weighted by Gasteiger charge is -2.11. The third kappa shape index (κ3) is 3.15. The molecular weight excluding hydrogens is 255 g/mol. The van der Waals surface area contributed by atoms with E-state index in [2.05, 4.69) is 13.8 Å². The Balaban J connectivity index is 2.26. The van der Waals surface area contributed by atoms with Gasteiger partial charge in [0.25, 0.3) is 0 Å². The Kier molecular flexibility index (Phi) is 4.03. The normalized spacial score (nSPS) is 10.6. The fraction of sp³-hybridized carbons (Fsp3) is 0.188. The third-order valence-corrected chi connectivity index (χ3v) is 3.00. The molecule has 2 aromatic rings. The molecule has 0 saturated carbocycles. The molecule has 104 valence electrons. The molecule has 2 aromatic carbocycles. The summed E-state index contributed by atoms with van der Waals surface area (Å²) in [6.07, 6.45) is 0. The first-order valence-corrected chi connectivity index (χ1v) is 6.39. The van der Waals surface area contributed by atoms with Crippen molar-refractivity contribution >= 4 is 5.84 Å². The molecule has 0 amide bonds. The summed E-state index contributed by atoms with van der Waals surface area (Å²) in [5.74, 6) is 0.384. The fourth-order valence-corrected chi connectivity index (χ4v) is 1.82. The number of amidine groups is 1. The third-order valence-electron chi connectivity index (χ3n) is 3.00. The lowest BCUT2D eigenvalue weighted by Crippen LogP contribution is -2.11. The molecule has 4 heteroatoms. The zero-order chi connectivity index (χ0) is 14.7. The number of rotatable bonds is 4. The quantitative estimate of drug-likeness (QED) is 0.652. The molecule has 2 rings (SSSR count). The minimum absolute atomic E-state index is 0.121. The average molecular weight is 272 g/mol. The second-order valence-electron chi connectivity index (χ2n) is 4.89. The number of hydrogen-bond donors (Lipinski definition) is 2. The molecule has 0 spiro atoms. The van der Waals surface area contributed by atoms with Crippen LogP contribution < -0.4 is 10.5 Å². The van der Waals surface area contributed by atoms with Crippen LogP contribution in [0.1, 0.15) is 30.9 Å². The highest BCUT2D eigenvalue weighted by Crippen LogP contribution is 2.27. The van der Waals surface area contributed by atoms with E-state index < -0.39 is 5.82 Å². The molecule has 0 aliphatic carbocycles. The Labute approximate surface area is 117 Å². The molecule has 3 nitrogen and oxygen atoms in total. The molecule has 0 aliphatic rings. The van der Waals surface area contributed by atoms with Crippen molar-refractivity contribution in [3.8, 4) is 11.5 Å². The number of nitrogen functional groups attached to an aromatic ring is 1. The van der Waals surface area contributed by atoms with Crippen LogP contribution in [0.15, 0.2) is 42.5 Å². The Bertz CT molecular complexity index is 638. The van der Waals surface area contributed by atoms with Gasteiger partial charge in [-0.15, -0.1) is 0 Å². The Morgan fingerprint density at radius 3 is 2.55 bits per heavy atom. The Morgan fingerprint density at radius 1 is 1.20 bits per heavy atom. The number of benzene rings is 2. The van der Waals surface area contributed by atoms with Crippen LogP contribution >= 0.6 is 0 Å². The second kappa shape index (κ2) is 5.74. The van der Waals surface area contributed by atoms with Crippen LogP contribution in [0.5, 0.6) is 11.5 Å². The van der Waals surface area contributed by atoms with Gasteiger partial charge in [-0.3, -0.25) is 5.41 Å². The first kappa shape index (κ1) is 14.1. The van der Waals surface area contributed by atoms with Crippen LogP contribution in [0.4, 0.5) is 4.39 Å². The zero-order valence-corrected chi connectivity index (χ0v) is 11.5. The van der Waals surface area contributed by atoms with Gasteiger partial charge in [0.15, 0.2) is 11.6 Å². The highest BCUT2D eigenvalue weighted by atomic mass is 19.1. The molecule has 0 aliphatic heterocycles. The topological polar surface area (TPSA) is 59.1 Å². The van der Waals surface area contributed by atoms with Crippen molar-refractivity contribution in [1.29, 1.82) is 5.41 Å². The van der Waals surface area contributed by atoms with Gasteiger partial charge in [0.1, 0.15) is 11.6 Å². The van der Waals surface area contributed by atoms with Gasteiger partial charge < -0.3 is 10.5 Å². The van der Waals surface area contributed by atoms with E-state index in [1.54, 1.807) is 12.1 Å². The predicted octanol–water partition coefficient (Wildman–Crippen LogP) is 4.03. The molecule has 20 heavy (non-hydrogen) atoms. The number of hydrogen-bond acceptors (Lipinski definition) is 2. The Hall–Kier alpha value is -2.36. The first-order valence-electron chi connectivity index (χ1n) is 6.39. The smallest absolute Gasteiger partial charge is 0.166 e. The van der Waals surface area contributed by atoms with E-state index in [9.17, 15) is 4.39 Å². The lowest BCUT2D eigenvalue weighted by atomic mass is 10.0. The van der Waals surface area contributed by atoms with Gasteiger partial charge in [-0.2, -0.15) is 0 Å². The molecule has 0 aromatic heterocycles. The number of halogens is 1. The summed E-state index contributed by atoms with van der Waals surface area (Å²) in [7, 11) is 0. The standard InChI is InChI=1S/C16H17FN2O/c1-10(2)11-4-3-5-13(8-11)20-15-7-6-12(16(18)19)9-14(15)17/h3-10H,1-2H3,(H3,18,19). The summed E-state index contributed by atoms with van der Waals surface area (Å²) in [5.41, 5.74) is 6.78. The number of nitrogens with two attached hydrogens (primary N) is 1. The van der Waals surface area contributed by atoms with Crippen LogP contribution in [-0.2, 0) is 0 Å². The Morgan fingerprint density at radius 2 is 1.95 bits per heavy atom. The van der Waals surface area contributed by atoms with Crippen LogP contribution in [-0.4, -0.2) is 5.84 Å². The summed E-state index contributed by atoms with van der Waals surface area (Å²) >= 11 is 0. The van der Waals surface area contributed by atoms with Crippen molar-refractivity contribution in [2.75, 3.05) is 0 Å². The van der Waals surface area contributed by atoms with E-state index in [1.807, 2.05) is 18.2 Å². The van der Waals surface area contributed by atoms with Crippen molar-refractivity contribution in [3.05, 3.63) is 59.4 Å². The van der Waals surface area contributed by atoms with Crippen molar-refractivity contribution < 1.29 is 9.13 Å². The van der Waals surface area contributed by atoms with Gasteiger partial charge >= 0.3 is 0 Å². The molecule has 0 atom stereocenters. The molecule has 0 unspecified atom stereocenters. The van der Waals surface area contributed by atoms with E-state index in [-0.39, 0.29) is 11.6 Å². The molecule has 0 saturated heterocycles. The second-order valence-corrected chi connectivity index (χ2v) is 4.89. The molecule has 0 bridgehead atoms. The van der Waals surface area contributed by atoms with Gasteiger partial charge in [0, 0.05) is 5.56 Å². The first-order chi connectivity index (χ1) is 9.47. The zero-order valence-electron chi connectivity index (χ0n) is 11.5. The number of nitrogens with one attached hydrogen (secondary N) is 1. The maximum absolute atomic E-state index is 13.9. The van der Waals surface area contributed by atoms with Gasteiger partial charge in [-0.05, 0) is 41.8 Å².